The quantitative estimate of drug-likeness (QED) is 0.157. The molecule has 3 aromatic carbocycles. The Morgan fingerprint density at radius 2 is 1.88 bits per heavy atom. The number of amides is 1. The molecule has 1 aliphatic rings. The number of rotatable bonds is 8. The molecule has 0 aliphatic carbocycles. The van der Waals surface area contributed by atoms with Crippen LogP contribution in [-0.2, 0) is 15.3 Å². The second-order valence-corrected chi connectivity index (χ2v) is 11.2. The molecule has 2 heterocycles. The molecule has 40 heavy (non-hydrogen) atoms. The largest absolute Gasteiger partial charge is 0.462 e. The van der Waals surface area contributed by atoms with Crippen LogP contribution in [-0.4, -0.2) is 33.2 Å². The number of nitrogens with one attached hydrogen (secondary N) is 2. The summed E-state index contributed by atoms with van der Waals surface area (Å²) in [5.41, 5.74) is 4.10. The van der Waals surface area contributed by atoms with Crippen molar-refractivity contribution >= 4 is 62.8 Å². The van der Waals surface area contributed by atoms with Crippen molar-refractivity contribution in [3.8, 4) is 0 Å². The molecule has 8 nitrogen and oxygen atoms in total. The molecule has 0 radical (unpaired) electrons. The van der Waals surface area contributed by atoms with Gasteiger partial charge in [0.15, 0.2) is 0 Å². The lowest BCUT2D eigenvalue weighted by Crippen LogP contribution is -2.31. The minimum atomic E-state index is -0.523. The number of ether oxygens (including phenoxy) is 1. The van der Waals surface area contributed by atoms with E-state index in [2.05, 4.69) is 26.6 Å². The summed E-state index contributed by atoms with van der Waals surface area (Å²) in [7, 11) is 0. The summed E-state index contributed by atoms with van der Waals surface area (Å²) in [5.74, 6) is 0.518. The van der Waals surface area contributed by atoms with Gasteiger partial charge in [-0.3, -0.25) is 4.79 Å². The van der Waals surface area contributed by atoms with E-state index in [4.69, 9.17) is 26.4 Å². The maximum atomic E-state index is 13.7. The fourth-order valence-corrected chi connectivity index (χ4v) is 5.63. The highest BCUT2D eigenvalue weighted by atomic mass is 79.9. The van der Waals surface area contributed by atoms with E-state index >= 15 is 0 Å². The number of allylic oxidation sites excluding steroid dienone is 1. The molecule has 2 N–H and O–H groups in total. The van der Waals surface area contributed by atoms with Crippen LogP contribution in [0.25, 0.3) is 0 Å². The van der Waals surface area contributed by atoms with Crippen LogP contribution in [0.3, 0.4) is 0 Å². The highest BCUT2D eigenvalue weighted by molar-refractivity contribution is 9.10. The number of fused-ring (bicyclic) bond motifs is 1. The monoisotopic (exact) mass is 637 g/mol. The Labute approximate surface area is 249 Å². The lowest BCUT2D eigenvalue weighted by Gasteiger charge is -2.28. The molecular formula is C29H25BrClN5O3S. The van der Waals surface area contributed by atoms with E-state index in [1.165, 1.54) is 11.8 Å². The number of esters is 1. The van der Waals surface area contributed by atoms with Crippen LogP contribution in [0, 0.1) is 0 Å². The van der Waals surface area contributed by atoms with E-state index in [1.807, 2.05) is 55.5 Å². The highest BCUT2D eigenvalue weighted by Crippen LogP contribution is 2.37. The van der Waals surface area contributed by atoms with Crippen LogP contribution >= 0.6 is 39.3 Å². The second-order valence-electron chi connectivity index (χ2n) is 8.95. The number of aromatic nitrogens is 3. The Hall–Kier alpha value is -3.60. The number of anilines is 2. The molecule has 0 bridgehead atoms. The second kappa shape index (κ2) is 12.3. The van der Waals surface area contributed by atoms with E-state index in [0.29, 0.717) is 51.0 Å². The molecule has 1 amide bonds. The Balaban J connectivity index is 1.43. The zero-order chi connectivity index (χ0) is 28.2. The van der Waals surface area contributed by atoms with Crippen molar-refractivity contribution < 1.29 is 14.3 Å². The Kier molecular flexibility index (Phi) is 8.58. The van der Waals surface area contributed by atoms with Crippen LogP contribution in [0.15, 0.2) is 93.7 Å². The molecule has 0 fully saturated rings. The average Bonchev–Trinajstić information content (AvgIpc) is 3.34. The van der Waals surface area contributed by atoms with Crippen LogP contribution < -0.4 is 10.6 Å². The zero-order valence-electron chi connectivity index (χ0n) is 21.7. The third-order valence-corrected chi connectivity index (χ3v) is 7.83. The summed E-state index contributed by atoms with van der Waals surface area (Å²) in [6.45, 7) is 3.90. The van der Waals surface area contributed by atoms with Crippen molar-refractivity contribution in [1.82, 2.24) is 14.8 Å². The van der Waals surface area contributed by atoms with Crippen LogP contribution in [0.4, 0.5) is 11.6 Å². The molecule has 204 valence electrons. The van der Waals surface area contributed by atoms with Gasteiger partial charge in [-0.15, -0.1) is 5.10 Å². The van der Waals surface area contributed by atoms with Gasteiger partial charge < -0.3 is 15.4 Å². The molecule has 1 aromatic heterocycles. The van der Waals surface area contributed by atoms with Crippen molar-refractivity contribution in [2.24, 2.45) is 0 Å². The lowest BCUT2D eigenvalue weighted by atomic mass is 9.95. The normalized spacial score (nSPS) is 14.3. The van der Waals surface area contributed by atoms with Gasteiger partial charge in [0.25, 0.3) is 5.91 Å². The first-order valence-corrected chi connectivity index (χ1v) is 14.6. The molecule has 11 heteroatoms. The van der Waals surface area contributed by atoms with Gasteiger partial charge in [0.1, 0.15) is 6.04 Å². The molecule has 0 unspecified atom stereocenters. The van der Waals surface area contributed by atoms with Crippen LogP contribution in [0.1, 0.15) is 41.4 Å². The van der Waals surface area contributed by atoms with Gasteiger partial charge in [0, 0.05) is 26.6 Å². The van der Waals surface area contributed by atoms with Gasteiger partial charge in [-0.1, -0.05) is 63.6 Å². The summed E-state index contributed by atoms with van der Waals surface area (Å²) < 4.78 is 7.68. The van der Waals surface area contributed by atoms with E-state index < -0.39 is 12.0 Å². The number of hydrogen-bond acceptors (Lipinski definition) is 7. The van der Waals surface area contributed by atoms with Crippen molar-refractivity contribution in [2.75, 3.05) is 17.2 Å². The van der Waals surface area contributed by atoms with Gasteiger partial charge in [-0.2, -0.15) is 4.98 Å². The summed E-state index contributed by atoms with van der Waals surface area (Å²) in [6.07, 6.45) is 0. The molecule has 1 aliphatic heterocycles. The summed E-state index contributed by atoms with van der Waals surface area (Å²) in [5, 5.41) is 12.3. The first-order chi connectivity index (χ1) is 19.3. The molecule has 5 rings (SSSR count). The molecule has 0 spiro atoms. The summed E-state index contributed by atoms with van der Waals surface area (Å²) in [6, 6.07) is 21.5. The van der Waals surface area contributed by atoms with Crippen molar-refractivity contribution in [3.05, 3.63) is 110 Å². The number of halogens is 2. The van der Waals surface area contributed by atoms with E-state index in [9.17, 15) is 9.59 Å². The van der Waals surface area contributed by atoms with Gasteiger partial charge in [-0.25, -0.2) is 9.48 Å². The van der Waals surface area contributed by atoms with Gasteiger partial charge in [0.05, 0.1) is 17.7 Å². The molecule has 4 aromatic rings. The fourth-order valence-electron chi connectivity index (χ4n) is 4.30. The summed E-state index contributed by atoms with van der Waals surface area (Å²) in [4.78, 5) is 30.4. The van der Waals surface area contributed by atoms with Crippen molar-refractivity contribution in [3.63, 3.8) is 0 Å². The SMILES string of the molecule is CCOC(=O)c1ccc(NC(=O)C2=C(C)Nc3nc(SCc4ccc(Cl)cc4)nn3[C@@H]2c2cccc(Br)c2)cc1. The highest BCUT2D eigenvalue weighted by Gasteiger charge is 2.34. The zero-order valence-corrected chi connectivity index (χ0v) is 24.8. The van der Waals surface area contributed by atoms with E-state index in [0.717, 1.165) is 15.6 Å². The van der Waals surface area contributed by atoms with Crippen LogP contribution in [0.2, 0.25) is 5.02 Å². The van der Waals surface area contributed by atoms with Crippen molar-refractivity contribution in [1.29, 1.82) is 0 Å². The standard InChI is InChI=1S/C29H25BrClN5O3S/c1-3-39-27(38)19-9-13-23(14-10-19)33-26(37)24-17(2)32-28-34-29(40-16-18-7-11-22(31)12-8-18)35-36(28)25(24)20-5-4-6-21(30)15-20/h4-15,25H,3,16H2,1-2H3,(H,33,37)(H,32,34,35)/t25-/m1/s1. The lowest BCUT2D eigenvalue weighted by molar-refractivity contribution is -0.113. The Morgan fingerprint density at radius 3 is 2.58 bits per heavy atom. The third-order valence-electron chi connectivity index (χ3n) is 6.18. The first-order valence-electron chi connectivity index (χ1n) is 12.5. The van der Waals surface area contributed by atoms with E-state index in [1.54, 1.807) is 35.9 Å². The maximum Gasteiger partial charge on any atom is 0.338 e. The van der Waals surface area contributed by atoms with Crippen LogP contribution in [0.5, 0.6) is 0 Å². The summed E-state index contributed by atoms with van der Waals surface area (Å²) >= 11 is 11.1. The van der Waals surface area contributed by atoms with E-state index in [-0.39, 0.29) is 5.91 Å². The number of nitrogens with zero attached hydrogens (tertiary/aromatic N) is 3. The maximum absolute atomic E-state index is 13.7. The third kappa shape index (κ3) is 6.24. The molecular weight excluding hydrogens is 614 g/mol. The van der Waals surface area contributed by atoms with Gasteiger partial charge in [0.2, 0.25) is 11.1 Å². The van der Waals surface area contributed by atoms with Crippen molar-refractivity contribution in [2.45, 2.75) is 30.8 Å². The molecule has 0 saturated carbocycles. The van der Waals surface area contributed by atoms with Gasteiger partial charge in [-0.05, 0) is 73.5 Å². The average molecular weight is 639 g/mol. The Morgan fingerprint density at radius 1 is 1.12 bits per heavy atom. The topological polar surface area (TPSA) is 98.1 Å². The fraction of sp³-hybridized carbons (Fsp3) is 0.172. The minimum absolute atomic E-state index is 0.292. The number of benzene rings is 3. The number of thioether (sulfide) groups is 1. The predicted molar refractivity (Wildman–Crippen MR) is 161 cm³/mol. The predicted octanol–water partition coefficient (Wildman–Crippen LogP) is 7.09. The smallest absolute Gasteiger partial charge is 0.338 e. The molecule has 1 atom stereocenters. The minimum Gasteiger partial charge on any atom is -0.462 e. The Bertz CT molecular complexity index is 1590. The first kappa shape index (κ1) is 27.9. The molecule has 0 saturated heterocycles. The number of carbonyl (C=O) groups is 2. The van der Waals surface area contributed by atoms with Gasteiger partial charge >= 0.3 is 5.97 Å². The number of carbonyl (C=O) groups excluding carboxylic acids is 2. The number of hydrogen-bond donors (Lipinski definition) is 2.